The van der Waals surface area contributed by atoms with Gasteiger partial charge >= 0.3 is 0 Å². The first-order valence-corrected chi connectivity index (χ1v) is 6.15. The van der Waals surface area contributed by atoms with Crippen LogP contribution in [0.15, 0.2) is 30.5 Å². The number of hydrogen-bond acceptors (Lipinski definition) is 2. The van der Waals surface area contributed by atoms with Gasteiger partial charge in [-0.3, -0.25) is 4.68 Å². The molecule has 0 saturated heterocycles. The number of aryl methyl sites for hydroxylation is 2. The molecule has 0 radical (unpaired) electrons. The number of nitrogens with zero attached hydrogens (tertiary/aromatic N) is 2. The summed E-state index contributed by atoms with van der Waals surface area (Å²) in [6.45, 7) is 0. The lowest BCUT2D eigenvalue weighted by atomic mass is 10.1. The van der Waals surface area contributed by atoms with E-state index in [1.807, 2.05) is 25.4 Å². The topological polar surface area (TPSA) is 29.9 Å². The number of nitrogens with one attached hydrogen (secondary N) is 1. The van der Waals surface area contributed by atoms with E-state index in [-0.39, 0.29) is 0 Å². The molecule has 3 nitrogen and oxygen atoms in total. The summed E-state index contributed by atoms with van der Waals surface area (Å²) in [4.78, 5) is 0. The fourth-order valence-electron chi connectivity index (χ4n) is 2.41. The van der Waals surface area contributed by atoms with E-state index in [0.717, 1.165) is 23.7 Å². The Morgan fingerprint density at radius 1 is 1.41 bits per heavy atom. The molecule has 88 valence electrons. The highest BCUT2D eigenvalue weighted by Gasteiger charge is 2.22. The highest BCUT2D eigenvalue weighted by atomic mass is 35.5. The van der Waals surface area contributed by atoms with Crippen molar-refractivity contribution in [2.24, 2.45) is 7.05 Å². The molecule has 0 amide bonds. The molecule has 0 spiro atoms. The van der Waals surface area contributed by atoms with E-state index in [0.29, 0.717) is 6.04 Å². The summed E-state index contributed by atoms with van der Waals surface area (Å²) < 4.78 is 1.81. The molecular weight excluding hydrogens is 234 g/mol. The van der Waals surface area contributed by atoms with Crippen LogP contribution in [-0.4, -0.2) is 9.78 Å². The first kappa shape index (κ1) is 10.7. The molecule has 0 saturated carbocycles. The van der Waals surface area contributed by atoms with Crippen LogP contribution in [0.1, 0.15) is 23.6 Å². The van der Waals surface area contributed by atoms with E-state index in [1.165, 1.54) is 11.1 Å². The van der Waals surface area contributed by atoms with Gasteiger partial charge in [-0.25, -0.2) is 0 Å². The normalized spacial score (nSPS) is 18.1. The lowest BCUT2D eigenvalue weighted by Gasteiger charge is -2.13. The summed E-state index contributed by atoms with van der Waals surface area (Å²) in [5.74, 6) is 0.931. The number of fused-ring (bicyclic) bond motifs is 1. The molecule has 1 aromatic carbocycles. The minimum atomic E-state index is 0.358. The Hall–Kier alpha value is -1.48. The minimum absolute atomic E-state index is 0.358. The molecule has 0 aliphatic heterocycles. The molecule has 1 N–H and O–H groups in total. The zero-order valence-corrected chi connectivity index (χ0v) is 10.4. The van der Waals surface area contributed by atoms with Crippen molar-refractivity contribution in [2.75, 3.05) is 5.32 Å². The Morgan fingerprint density at radius 3 is 3.06 bits per heavy atom. The maximum absolute atomic E-state index is 6.00. The van der Waals surface area contributed by atoms with Gasteiger partial charge in [0.25, 0.3) is 0 Å². The predicted octanol–water partition coefficient (Wildman–Crippen LogP) is 3.17. The summed E-state index contributed by atoms with van der Waals surface area (Å²) in [6.07, 6.45) is 4.13. The van der Waals surface area contributed by atoms with Crippen molar-refractivity contribution >= 4 is 17.4 Å². The van der Waals surface area contributed by atoms with Crippen LogP contribution in [-0.2, 0) is 13.5 Å². The van der Waals surface area contributed by atoms with Crippen LogP contribution in [0.3, 0.4) is 0 Å². The van der Waals surface area contributed by atoms with Crippen LogP contribution < -0.4 is 5.32 Å². The van der Waals surface area contributed by atoms with Crippen LogP contribution in [0.5, 0.6) is 0 Å². The van der Waals surface area contributed by atoms with E-state index in [2.05, 4.69) is 22.5 Å². The van der Waals surface area contributed by atoms with E-state index in [1.54, 1.807) is 4.68 Å². The van der Waals surface area contributed by atoms with Crippen molar-refractivity contribution in [1.29, 1.82) is 0 Å². The quantitative estimate of drug-likeness (QED) is 0.884. The molecule has 1 unspecified atom stereocenters. The van der Waals surface area contributed by atoms with Crippen molar-refractivity contribution in [3.8, 4) is 0 Å². The van der Waals surface area contributed by atoms with E-state index in [4.69, 9.17) is 11.6 Å². The first-order chi connectivity index (χ1) is 8.22. The van der Waals surface area contributed by atoms with Crippen LogP contribution >= 0.6 is 11.6 Å². The van der Waals surface area contributed by atoms with Crippen molar-refractivity contribution in [2.45, 2.75) is 18.9 Å². The second kappa shape index (κ2) is 4.08. The van der Waals surface area contributed by atoms with Gasteiger partial charge < -0.3 is 5.32 Å². The van der Waals surface area contributed by atoms with Crippen LogP contribution in [0.2, 0.25) is 5.02 Å². The Bertz CT molecular complexity index is 547. The summed E-state index contributed by atoms with van der Waals surface area (Å²) in [6, 6.07) is 8.49. The van der Waals surface area contributed by atoms with Gasteiger partial charge in [0.05, 0.1) is 6.04 Å². The van der Waals surface area contributed by atoms with E-state index < -0.39 is 0 Å². The van der Waals surface area contributed by atoms with Gasteiger partial charge in [-0.1, -0.05) is 17.7 Å². The van der Waals surface area contributed by atoms with Gasteiger partial charge in [0.2, 0.25) is 0 Å². The second-order valence-electron chi connectivity index (χ2n) is 4.45. The Kier molecular flexibility index (Phi) is 2.56. The largest absolute Gasteiger partial charge is 0.362 e. The smallest absolute Gasteiger partial charge is 0.148 e. The molecule has 17 heavy (non-hydrogen) atoms. The number of halogens is 1. The lowest BCUT2D eigenvalue weighted by molar-refractivity contribution is 0.733. The van der Waals surface area contributed by atoms with Gasteiger partial charge in [0.15, 0.2) is 0 Å². The molecule has 4 heteroatoms. The SMILES string of the molecule is Cn1ccc(NC2CCc3cc(Cl)ccc32)n1. The average Bonchev–Trinajstić information content (AvgIpc) is 2.86. The van der Waals surface area contributed by atoms with Crippen molar-refractivity contribution < 1.29 is 0 Å². The average molecular weight is 248 g/mol. The van der Waals surface area contributed by atoms with Gasteiger partial charge in [0, 0.05) is 24.3 Å². The van der Waals surface area contributed by atoms with Crippen molar-refractivity contribution in [1.82, 2.24) is 9.78 Å². The van der Waals surface area contributed by atoms with Gasteiger partial charge in [-0.2, -0.15) is 5.10 Å². The minimum Gasteiger partial charge on any atom is -0.362 e. The summed E-state index contributed by atoms with van der Waals surface area (Å²) in [7, 11) is 1.92. The third-order valence-electron chi connectivity index (χ3n) is 3.22. The van der Waals surface area contributed by atoms with E-state index in [9.17, 15) is 0 Å². The molecule has 1 atom stereocenters. The van der Waals surface area contributed by atoms with Crippen LogP contribution in [0.4, 0.5) is 5.82 Å². The Labute approximate surface area is 105 Å². The molecule has 1 aromatic heterocycles. The molecular formula is C13H14ClN3. The number of rotatable bonds is 2. The highest BCUT2D eigenvalue weighted by Crippen LogP contribution is 2.34. The molecule has 0 fully saturated rings. The second-order valence-corrected chi connectivity index (χ2v) is 4.89. The molecule has 0 bridgehead atoms. The zero-order valence-electron chi connectivity index (χ0n) is 9.65. The van der Waals surface area contributed by atoms with Gasteiger partial charge in [-0.05, 0) is 36.1 Å². The third kappa shape index (κ3) is 2.03. The van der Waals surface area contributed by atoms with Gasteiger partial charge in [-0.15, -0.1) is 0 Å². The first-order valence-electron chi connectivity index (χ1n) is 5.77. The lowest BCUT2D eigenvalue weighted by Crippen LogP contribution is -2.07. The van der Waals surface area contributed by atoms with E-state index >= 15 is 0 Å². The maximum Gasteiger partial charge on any atom is 0.148 e. The predicted molar refractivity (Wildman–Crippen MR) is 69.3 cm³/mol. The zero-order chi connectivity index (χ0) is 11.8. The van der Waals surface area contributed by atoms with Crippen LogP contribution in [0, 0.1) is 0 Å². The summed E-state index contributed by atoms with van der Waals surface area (Å²) >= 11 is 6.00. The molecule has 2 aromatic rings. The fraction of sp³-hybridized carbons (Fsp3) is 0.308. The molecule has 3 rings (SSSR count). The number of anilines is 1. The number of benzene rings is 1. The third-order valence-corrected chi connectivity index (χ3v) is 3.45. The monoisotopic (exact) mass is 247 g/mol. The number of aromatic nitrogens is 2. The van der Waals surface area contributed by atoms with Crippen molar-refractivity contribution in [3.05, 3.63) is 46.6 Å². The fourth-order valence-corrected chi connectivity index (χ4v) is 2.60. The Balaban J connectivity index is 1.84. The highest BCUT2D eigenvalue weighted by molar-refractivity contribution is 6.30. The molecule has 1 aliphatic carbocycles. The Morgan fingerprint density at radius 2 is 2.29 bits per heavy atom. The van der Waals surface area contributed by atoms with Crippen molar-refractivity contribution in [3.63, 3.8) is 0 Å². The summed E-state index contributed by atoms with van der Waals surface area (Å²) in [5.41, 5.74) is 2.70. The number of hydrogen-bond donors (Lipinski definition) is 1. The molecule has 1 aliphatic rings. The standard InChI is InChI=1S/C13H14ClN3/c1-17-7-6-13(16-17)15-12-5-2-9-8-10(14)3-4-11(9)12/h3-4,6-8,12H,2,5H2,1H3,(H,15,16). The molecule has 1 heterocycles. The van der Waals surface area contributed by atoms with Gasteiger partial charge in [0.1, 0.15) is 5.82 Å². The summed E-state index contributed by atoms with van der Waals surface area (Å²) in [5, 5.41) is 8.63. The van der Waals surface area contributed by atoms with Crippen LogP contribution in [0.25, 0.3) is 0 Å². The maximum atomic E-state index is 6.00.